The molecule has 7 heteroatoms. The summed E-state index contributed by atoms with van der Waals surface area (Å²) in [6, 6.07) is 11.3. The van der Waals surface area contributed by atoms with Crippen molar-refractivity contribution in [1.82, 2.24) is 10.9 Å². The van der Waals surface area contributed by atoms with Gasteiger partial charge in [-0.15, -0.1) is 11.8 Å². The molecule has 0 bridgehead atoms. The van der Waals surface area contributed by atoms with E-state index >= 15 is 0 Å². The van der Waals surface area contributed by atoms with E-state index in [-0.39, 0.29) is 24.0 Å². The highest BCUT2D eigenvalue weighted by atomic mass is 35.5. The van der Waals surface area contributed by atoms with Gasteiger partial charge in [-0.05, 0) is 60.6 Å². The predicted molar refractivity (Wildman–Crippen MR) is 110 cm³/mol. The fourth-order valence-electron chi connectivity index (χ4n) is 3.03. The van der Waals surface area contributed by atoms with E-state index in [1.165, 1.54) is 35.7 Å². The summed E-state index contributed by atoms with van der Waals surface area (Å²) in [6.07, 6.45) is 4.86. The van der Waals surface area contributed by atoms with Gasteiger partial charge in [-0.2, -0.15) is 0 Å². The number of nitrogens with one attached hydrogen (secondary N) is 2. The molecule has 0 spiro atoms. The number of carbonyl (C=O) groups is 2. The van der Waals surface area contributed by atoms with E-state index in [9.17, 15) is 9.59 Å². The van der Waals surface area contributed by atoms with Crippen molar-refractivity contribution < 1.29 is 9.59 Å². The first-order valence-electron chi connectivity index (χ1n) is 8.77. The van der Waals surface area contributed by atoms with E-state index in [4.69, 9.17) is 23.2 Å². The lowest BCUT2D eigenvalue weighted by Gasteiger charge is -2.16. The van der Waals surface area contributed by atoms with Crippen molar-refractivity contribution in [3.63, 3.8) is 0 Å². The van der Waals surface area contributed by atoms with E-state index in [2.05, 4.69) is 23.0 Å². The zero-order chi connectivity index (χ0) is 19.2. The molecule has 2 amide bonds. The van der Waals surface area contributed by atoms with Crippen LogP contribution in [0.15, 0.2) is 41.3 Å². The summed E-state index contributed by atoms with van der Waals surface area (Å²) in [4.78, 5) is 24.7. The number of hydrogen-bond donors (Lipinski definition) is 2. The van der Waals surface area contributed by atoms with Gasteiger partial charge in [-0.25, -0.2) is 0 Å². The van der Waals surface area contributed by atoms with Crippen molar-refractivity contribution in [2.75, 3.05) is 5.75 Å². The normalized spacial score (nSPS) is 13.0. The third-order valence-corrected chi connectivity index (χ3v) is 6.10. The van der Waals surface area contributed by atoms with Gasteiger partial charge < -0.3 is 0 Å². The number of hydrazine groups is 1. The van der Waals surface area contributed by atoms with E-state index in [1.54, 1.807) is 18.2 Å². The van der Waals surface area contributed by atoms with Crippen LogP contribution >= 0.6 is 35.0 Å². The summed E-state index contributed by atoms with van der Waals surface area (Å²) in [7, 11) is 0. The van der Waals surface area contributed by atoms with Crippen molar-refractivity contribution in [3.8, 4) is 0 Å². The molecule has 0 aromatic heterocycles. The Bertz CT molecular complexity index is 858. The second-order valence-corrected chi connectivity index (χ2v) is 8.31. The maximum atomic E-state index is 12.1. The molecule has 0 radical (unpaired) electrons. The first kappa shape index (κ1) is 20.1. The van der Waals surface area contributed by atoms with Gasteiger partial charge in [0.1, 0.15) is 0 Å². The van der Waals surface area contributed by atoms with Gasteiger partial charge >= 0.3 is 0 Å². The highest BCUT2D eigenvalue weighted by molar-refractivity contribution is 8.00. The van der Waals surface area contributed by atoms with Crippen molar-refractivity contribution in [2.24, 2.45) is 0 Å². The second kappa shape index (κ2) is 9.49. The lowest BCUT2D eigenvalue weighted by atomic mass is 9.90. The molecule has 3 rings (SSSR count). The Morgan fingerprint density at radius 1 is 0.926 bits per heavy atom. The Hall–Kier alpha value is -1.69. The molecule has 142 valence electrons. The molecule has 1 aliphatic carbocycles. The van der Waals surface area contributed by atoms with Gasteiger partial charge in [0.2, 0.25) is 11.8 Å². The average molecular weight is 423 g/mol. The van der Waals surface area contributed by atoms with Crippen molar-refractivity contribution in [2.45, 2.75) is 37.0 Å². The Morgan fingerprint density at radius 2 is 1.67 bits per heavy atom. The van der Waals surface area contributed by atoms with E-state index in [0.29, 0.717) is 10.0 Å². The number of amides is 2. The molecule has 0 aliphatic heterocycles. The first-order chi connectivity index (χ1) is 13.0. The van der Waals surface area contributed by atoms with Gasteiger partial charge in [-0.3, -0.25) is 20.4 Å². The molecule has 2 aromatic carbocycles. The van der Waals surface area contributed by atoms with Crippen molar-refractivity contribution in [1.29, 1.82) is 0 Å². The quantitative estimate of drug-likeness (QED) is 0.555. The number of rotatable bonds is 5. The SMILES string of the molecule is O=C(CSc1cc(Cl)ccc1Cl)NNC(=O)Cc1ccc2c(c1)CCCC2. The topological polar surface area (TPSA) is 58.2 Å². The van der Waals surface area contributed by atoms with Crippen LogP contribution in [0.1, 0.15) is 29.5 Å². The van der Waals surface area contributed by atoms with Crippen LogP contribution in [0.5, 0.6) is 0 Å². The van der Waals surface area contributed by atoms with Crippen LogP contribution in [-0.2, 0) is 28.9 Å². The van der Waals surface area contributed by atoms with Crippen LogP contribution in [0, 0.1) is 0 Å². The minimum atomic E-state index is -0.310. The van der Waals surface area contributed by atoms with Gasteiger partial charge in [0.05, 0.1) is 17.2 Å². The van der Waals surface area contributed by atoms with Crippen LogP contribution in [0.3, 0.4) is 0 Å². The molecule has 0 saturated carbocycles. The Balaban J connectivity index is 1.44. The molecule has 0 fully saturated rings. The number of fused-ring (bicyclic) bond motifs is 1. The number of hydrogen-bond acceptors (Lipinski definition) is 3. The summed E-state index contributed by atoms with van der Waals surface area (Å²) in [5.41, 5.74) is 8.58. The fraction of sp³-hybridized carbons (Fsp3) is 0.300. The third-order valence-electron chi connectivity index (χ3n) is 4.37. The monoisotopic (exact) mass is 422 g/mol. The van der Waals surface area contributed by atoms with E-state index in [1.807, 2.05) is 6.07 Å². The molecule has 1 aliphatic rings. The van der Waals surface area contributed by atoms with Crippen LogP contribution in [-0.4, -0.2) is 17.6 Å². The number of halogens is 2. The van der Waals surface area contributed by atoms with Crippen molar-refractivity contribution in [3.05, 3.63) is 63.1 Å². The van der Waals surface area contributed by atoms with E-state index < -0.39 is 0 Å². The molecule has 0 heterocycles. The van der Waals surface area contributed by atoms with Crippen LogP contribution in [0.4, 0.5) is 0 Å². The Morgan fingerprint density at radius 3 is 2.48 bits per heavy atom. The zero-order valence-corrected chi connectivity index (χ0v) is 17.0. The molecule has 0 saturated heterocycles. The minimum Gasteiger partial charge on any atom is -0.273 e. The molecular formula is C20H20Cl2N2O2S. The third kappa shape index (κ3) is 5.89. The maximum Gasteiger partial charge on any atom is 0.248 e. The first-order valence-corrected chi connectivity index (χ1v) is 10.5. The average Bonchev–Trinajstić information content (AvgIpc) is 2.67. The van der Waals surface area contributed by atoms with Gasteiger partial charge in [0.15, 0.2) is 0 Å². The maximum absolute atomic E-state index is 12.1. The Labute approximate surface area is 173 Å². The zero-order valence-electron chi connectivity index (χ0n) is 14.7. The van der Waals surface area contributed by atoms with Crippen LogP contribution in [0.25, 0.3) is 0 Å². The van der Waals surface area contributed by atoms with Gasteiger partial charge in [-0.1, -0.05) is 41.4 Å². The summed E-state index contributed by atoms with van der Waals surface area (Å²) in [6.45, 7) is 0. The van der Waals surface area contributed by atoms with E-state index in [0.717, 1.165) is 23.3 Å². The highest BCUT2D eigenvalue weighted by Crippen LogP contribution is 2.29. The number of aryl methyl sites for hydroxylation is 2. The predicted octanol–water partition coefficient (Wildman–Crippen LogP) is 4.35. The van der Waals surface area contributed by atoms with Crippen LogP contribution in [0.2, 0.25) is 10.0 Å². The lowest BCUT2D eigenvalue weighted by Crippen LogP contribution is -2.43. The second-order valence-electron chi connectivity index (χ2n) is 6.45. The molecular weight excluding hydrogens is 403 g/mol. The van der Waals surface area contributed by atoms with Gasteiger partial charge in [0, 0.05) is 9.92 Å². The smallest absolute Gasteiger partial charge is 0.248 e. The highest BCUT2D eigenvalue weighted by Gasteiger charge is 2.12. The van der Waals surface area contributed by atoms with Gasteiger partial charge in [0.25, 0.3) is 0 Å². The summed E-state index contributed by atoms with van der Waals surface area (Å²) in [5, 5.41) is 1.09. The molecule has 27 heavy (non-hydrogen) atoms. The summed E-state index contributed by atoms with van der Waals surface area (Å²) >= 11 is 13.3. The molecule has 0 atom stereocenters. The summed E-state index contributed by atoms with van der Waals surface area (Å²) < 4.78 is 0. The standard InChI is InChI=1S/C20H20Cl2N2O2S/c21-16-7-8-17(22)18(11-16)27-12-20(26)24-23-19(25)10-13-5-6-14-3-1-2-4-15(14)9-13/h5-9,11H,1-4,10,12H2,(H,23,25)(H,24,26). The molecule has 0 unspecified atom stereocenters. The lowest BCUT2D eigenvalue weighted by molar-refractivity contribution is -0.127. The molecule has 2 aromatic rings. The Kier molecular flexibility index (Phi) is 7.05. The largest absolute Gasteiger partial charge is 0.273 e. The summed E-state index contributed by atoms with van der Waals surface area (Å²) in [5.74, 6) is -0.432. The van der Waals surface area contributed by atoms with Crippen molar-refractivity contribution >= 4 is 46.8 Å². The minimum absolute atomic E-state index is 0.124. The van der Waals surface area contributed by atoms with Crippen LogP contribution < -0.4 is 10.9 Å². The molecule has 2 N–H and O–H groups in total. The number of carbonyl (C=O) groups excluding carboxylic acids is 2. The molecule has 4 nitrogen and oxygen atoms in total. The number of thioether (sulfide) groups is 1. The fourth-order valence-corrected chi connectivity index (χ4v) is 4.33. The number of benzene rings is 2.